The van der Waals surface area contributed by atoms with Crippen LogP contribution in [0.2, 0.25) is 0 Å². The summed E-state index contributed by atoms with van der Waals surface area (Å²) >= 11 is 0. The lowest BCUT2D eigenvalue weighted by atomic mass is 9.94. The van der Waals surface area contributed by atoms with Crippen LogP contribution in [0, 0.1) is 52.4 Å². The Bertz CT molecular complexity index is 1440. The molecule has 0 aliphatic carbocycles. The van der Waals surface area contributed by atoms with Crippen molar-refractivity contribution in [3.8, 4) is 17.2 Å². The van der Waals surface area contributed by atoms with Gasteiger partial charge in [0, 0.05) is 44.4 Å². The quantitative estimate of drug-likeness (QED) is 0.0437. The molecule has 0 amide bonds. The molecule has 3 rings (SSSR count). The molecule has 0 saturated heterocycles. The first-order chi connectivity index (χ1) is 22.7. The van der Waals surface area contributed by atoms with Gasteiger partial charge in [0.2, 0.25) is 5.72 Å². The van der Waals surface area contributed by atoms with E-state index in [1.165, 1.54) is 14.0 Å². The summed E-state index contributed by atoms with van der Waals surface area (Å²) in [5, 5.41) is 0. The van der Waals surface area contributed by atoms with Crippen LogP contribution < -0.4 is 14.0 Å². The number of rotatable bonds is 18. The number of hydrogen-bond donors (Lipinski definition) is 0. The molecular weight excluding hydrogens is 656 g/mol. The average Bonchev–Trinajstić information content (AvgIpc) is 3.04. The largest absolute Gasteiger partial charge is 0.864 e. The Morgan fingerprint density at radius 3 is 1.29 bits per heavy atom. The second-order valence-electron chi connectivity index (χ2n) is 11.5. The fourth-order valence-corrected chi connectivity index (χ4v) is 5.59. The third-order valence-electron chi connectivity index (χ3n) is 8.31. The van der Waals surface area contributed by atoms with Crippen molar-refractivity contribution in [1.29, 1.82) is 0 Å². The van der Waals surface area contributed by atoms with Crippen molar-refractivity contribution < 1.29 is 62.7 Å². The third-order valence-corrected chi connectivity index (χ3v) is 8.31. The van der Waals surface area contributed by atoms with E-state index in [-0.39, 0.29) is 4.48 Å². The summed E-state index contributed by atoms with van der Waals surface area (Å²) < 4.78 is 152. The molecule has 1 unspecified atom stereocenters. The number of hydrogen-bond acceptors (Lipinski definition) is 4. The standard InChI is InChI=1S/C33H38BF9NO4/c1-6-9-12-44(13-10-7-2,14-11-8-3)33(4,45-5)28-27(19-26(39)31(42)32(28)43)48-34(46-20-15-22(35)29(40)23(36)16-20)47-21-17-24(37)30(41)25(38)18-21/h15-19H,6-14H2,1-5H3/q+1. The van der Waals surface area contributed by atoms with Gasteiger partial charge in [-0.25, -0.2) is 39.5 Å². The van der Waals surface area contributed by atoms with E-state index in [1.807, 2.05) is 20.8 Å². The van der Waals surface area contributed by atoms with Crippen molar-refractivity contribution in [2.24, 2.45) is 0 Å². The van der Waals surface area contributed by atoms with Gasteiger partial charge in [0.1, 0.15) is 22.8 Å². The van der Waals surface area contributed by atoms with Crippen molar-refractivity contribution in [3.05, 3.63) is 88.3 Å². The van der Waals surface area contributed by atoms with E-state index in [4.69, 9.17) is 18.7 Å². The first-order valence-electron chi connectivity index (χ1n) is 15.6. The number of ether oxygens (including phenoxy) is 1. The molecule has 15 heteroatoms. The maximum Gasteiger partial charge on any atom is 0.864 e. The summed E-state index contributed by atoms with van der Waals surface area (Å²) in [4.78, 5) is 0. The summed E-state index contributed by atoms with van der Waals surface area (Å²) in [5.41, 5.74) is -2.39. The summed E-state index contributed by atoms with van der Waals surface area (Å²) in [6, 6.07) is 1.96. The van der Waals surface area contributed by atoms with Gasteiger partial charge in [0.05, 0.1) is 19.6 Å². The van der Waals surface area contributed by atoms with Crippen LogP contribution in [0.3, 0.4) is 0 Å². The molecule has 0 aromatic heterocycles. The van der Waals surface area contributed by atoms with Gasteiger partial charge in [0.25, 0.3) is 0 Å². The number of quaternary nitrogens is 1. The number of benzene rings is 3. The van der Waals surface area contributed by atoms with Crippen molar-refractivity contribution in [3.63, 3.8) is 0 Å². The van der Waals surface area contributed by atoms with E-state index in [0.717, 1.165) is 19.3 Å². The molecule has 1 atom stereocenters. The van der Waals surface area contributed by atoms with Gasteiger partial charge in [-0.05, 0) is 19.3 Å². The number of halogens is 9. The molecule has 0 saturated carbocycles. The predicted octanol–water partition coefficient (Wildman–Crippen LogP) is 9.50. The number of unbranched alkanes of at least 4 members (excludes halogenated alkanes) is 3. The monoisotopic (exact) mass is 694 g/mol. The Balaban J connectivity index is 2.28. The minimum Gasteiger partial charge on any atom is -0.489 e. The molecular formula is C33H38BF9NO4+. The Hall–Kier alpha value is -3.59. The number of nitrogens with zero attached hydrogens (tertiary/aromatic N) is 1. The van der Waals surface area contributed by atoms with Crippen molar-refractivity contribution in [2.75, 3.05) is 26.7 Å². The van der Waals surface area contributed by atoms with Crippen LogP contribution in [0.4, 0.5) is 39.5 Å². The SMILES string of the molecule is CCCC[N+](CCCC)(CCCC)C(C)(OC)c1c(OB(Oc2cc(F)c(F)c(F)c2)Oc2cc(F)c(F)c(F)c2)cc(F)c(F)c1F. The van der Waals surface area contributed by atoms with E-state index >= 15 is 8.78 Å². The molecule has 0 bridgehead atoms. The van der Waals surface area contributed by atoms with Crippen LogP contribution >= 0.6 is 0 Å². The van der Waals surface area contributed by atoms with Gasteiger partial charge >= 0.3 is 7.32 Å². The van der Waals surface area contributed by atoms with Crippen molar-refractivity contribution in [1.82, 2.24) is 0 Å². The Kier molecular flexibility index (Phi) is 13.5. The molecule has 3 aromatic rings. The summed E-state index contributed by atoms with van der Waals surface area (Å²) in [6.45, 7) is 8.63. The molecule has 264 valence electrons. The van der Waals surface area contributed by atoms with Gasteiger partial charge in [-0.2, -0.15) is 0 Å². The molecule has 0 radical (unpaired) electrons. The second kappa shape index (κ2) is 16.7. The van der Waals surface area contributed by atoms with Crippen LogP contribution in [0.5, 0.6) is 17.2 Å². The highest BCUT2D eigenvalue weighted by Gasteiger charge is 2.53. The minimum absolute atomic E-state index is 0.0481. The van der Waals surface area contributed by atoms with Gasteiger partial charge in [0.15, 0.2) is 52.4 Å². The third kappa shape index (κ3) is 8.34. The van der Waals surface area contributed by atoms with E-state index in [0.29, 0.717) is 69.2 Å². The summed E-state index contributed by atoms with van der Waals surface area (Å²) in [5.74, 6) is -18.2. The van der Waals surface area contributed by atoms with Crippen LogP contribution in [0.25, 0.3) is 0 Å². The zero-order valence-electron chi connectivity index (χ0n) is 27.3. The van der Waals surface area contributed by atoms with E-state index in [1.54, 1.807) is 0 Å². The summed E-state index contributed by atoms with van der Waals surface area (Å²) in [6.07, 6.45) is 4.15. The molecule has 0 heterocycles. The molecule has 5 nitrogen and oxygen atoms in total. The summed E-state index contributed by atoms with van der Waals surface area (Å²) in [7, 11) is -1.13. The lowest BCUT2D eigenvalue weighted by Crippen LogP contribution is -2.63. The van der Waals surface area contributed by atoms with Gasteiger partial charge in [-0.3, -0.25) is 4.48 Å². The van der Waals surface area contributed by atoms with Crippen LogP contribution in [0.15, 0.2) is 30.3 Å². The molecule has 3 aromatic carbocycles. The lowest BCUT2D eigenvalue weighted by molar-refractivity contribution is -1.01. The van der Waals surface area contributed by atoms with Gasteiger partial charge in [-0.1, -0.05) is 40.0 Å². The van der Waals surface area contributed by atoms with E-state index in [9.17, 15) is 30.7 Å². The van der Waals surface area contributed by atoms with Crippen molar-refractivity contribution >= 4 is 7.32 Å². The van der Waals surface area contributed by atoms with Crippen LogP contribution in [-0.2, 0) is 10.5 Å². The van der Waals surface area contributed by atoms with Crippen molar-refractivity contribution in [2.45, 2.75) is 71.9 Å². The van der Waals surface area contributed by atoms with Gasteiger partial charge in [-0.15, -0.1) is 0 Å². The molecule has 0 N–H and O–H groups in total. The van der Waals surface area contributed by atoms with Gasteiger partial charge < -0.3 is 18.7 Å². The highest BCUT2D eigenvalue weighted by atomic mass is 19.2. The smallest absolute Gasteiger partial charge is 0.489 e. The molecule has 0 aliphatic heterocycles. The fourth-order valence-electron chi connectivity index (χ4n) is 5.59. The van der Waals surface area contributed by atoms with E-state index in [2.05, 4.69) is 0 Å². The number of methoxy groups -OCH3 is 1. The molecule has 0 aliphatic rings. The first-order valence-corrected chi connectivity index (χ1v) is 15.6. The Labute approximate surface area is 274 Å². The highest BCUT2D eigenvalue weighted by molar-refractivity contribution is 6.39. The normalized spacial score (nSPS) is 13.0. The maximum atomic E-state index is 16.2. The van der Waals surface area contributed by atoms with Crippen LogP contribution in [-0.4, -0.2) is 38.5 Å². The first kappa shape index (κ1) is 38.9. The second-order valence-corrected chi connectivity index (χ2v) is 11.5. The van der Waals surface area contributed by atoms with Crippen LogP contribution in [0.1, 0.15) is 71.8 Å². The highest BCUT2D eigenvalue weighted by Crippen LogP contribution is 2.45. The average molecular weight is 694 g/mol. The lowest BCUT2D eigenvalue weighted by Gasteiger charge is -2.51. The maximum absolute atomic E-state index is 16.2. The Morgan fingerprint density at radius 1 is 0.562 bits per heavy atom. The Morgan fingerprint density at radius 2 is 0.938 bits per heavy atom. The molecule has 0 fully saturated rings. The predicted molar refractivity (Wildman–Crippen MR) is 161 cm³/mol. The van der Waals surface area contributed by atoms with E-state index < -0.39 is 88.2 Å². The zero-order valence-corrected chi connectivity index (χ0v) is 27.3. The molecule has 0 spiro atoms. The topological polar surface area (TPSA) is 36.9 Å². The zero-order chi connectivity index (χ0) is 35.8. The molecule has 48 heavy (non-hydrogen) atoms. The fraction of sp³-hybridized carbons (Fsp3) is 0.455. The minimum atomic E-state index is -2.40.